The minimum Gasteiger partial charge on any atom is -0.450 e. The van der Waals surface area contributed by atoms with Crippen LogP contribution >= 0.6 is 0 Å². The summed E-state index contributed by atoms with van der Waals surface area (Å²) in [6, 6.07) is 3.11. The lowest BCUT2D eigenvalue weighted by Crippen LogP contribution is -2.49. The number of pyridine rings is 1. The van der Waals surface area contributed by atoms with Gasteiger partial charge < -0.3 is 26.0 Å². The first kappa shape index (κ1) is 14.9. The second-order valence-electron chi connectivity index (χ2n) is 4.65. The van der Waals surface area contributed by atoms with Crippen molar-refractivity contribution in [2.24, 2.45) is 5.73 Å². The van der Waals surface area contributed by atoms with Crippen LogP contribution < -0.4 is 16.4 Å². The summed E-state index contributed by atoms with van der Waals surface area (Å²) in [5.74, 6) is -0.0729. The van der Waals surface area contributed by atoms with Crippen molar-refractivity contribution >= 4 is 23.5 Å². The number of carbonyl (C=O) groups excluding carboxylic acids is 2. The van der Waals surface area contributed by atoms with E-state index in [0.717, 1.165) is 0 Å². The number of primary amides is 1. The van der Waals surface area contributed by atoms with Gasteiger partial charge in [0.1, 0.15) is 5.69 Å². The minimum atomic E-state index is -0.596. The highest BCUT2D eigenvalue weighted by Crippen LogP contribution is 2.22. The highest BCUT2D eigenvalue weighted by Gasteiger charge is 2.24. The zero-order valence-electron chi connectivity index (χ0n) is 11.9. The molecule has 8 heteroatoms. The number of nitrogens with two attached hydrogens (primary N) is 2. The smallest absolute Gasteiger partial charge is 0.409 e. The predicted molar refractivity (Wildman–Crippen MR) is 78.0 cm³/mol. The van der Waals surface area contributed by atoms with Crippen molar-refractivity contribution in [1.29, 1.82) is 0 Å². The summed E-state index contributed by atoms with van der Waals surface area (Å²) >= 11 is 0. The molecule has 0 atom stereocenters. The summed E-state index contributed by atoms with van der Waals surface area (Å²) in [6.07, 6.45) is -0.316. The molecule has 0 bridgehead atoms. The lowest BCUT2D eigenvalue weighted by atomic mass is 10.2. The summed E-state index contributed by atoms with van der Waals surface area (Å²) in [6.45, 7) is 4.29. The molecule has 0 aliphatic carbocycles. The molecule has 1 aromatic heterocycles. The van der Waals surface area contributed by atoms with Gasteiger partial charge in [0.05, 0.1) is 12.3 Å². The number of rotatable bonds is 3. The van der Waals surface area contributed by atoms with Gasteiger partial charge in [-0.25, -0.2) is 9.78 Å². The van der Waals surface area contributed by atoms with E-state index in [2.05, 4.69) is 4.98 Å². The summed E-state index contributed by atoms with van der Waals surface area (Å²) in [7, 11) is 0. The molecule has 0 saturated carbocycles. The Morgan fingerprint density at radius 2 is 1.95 bits per heavy atom. The molecule has 114 valence electrons. The van der Waals surface area contributed by atoms with E-state index in [1.54, 1.807) is 17.9 Å². The maximum absolute atomic E-state index is 11.6. The van der Waals surface area contributed by atoms with Gasteiger partial charge in [-0.1, -0.05) is 0 Å². The van der Waals surface area contributed by atoms with E-state index in [0.29, 0.717) is 44.3 Å². The summed E-state index contributed by atoms with van der Waals surface area (Å²) in [4.78, 5) is 30.6. The molecule has 2 amide bonds. The first-order valence-electron chi connectivity index (χ1n) is 6.76. The number of nitrogens with zero attached hydrogens (tertiary/aromatic N) is 3. The van der Waals surface area contributed by atoms with Crippen molar-refractivity contribution in [1.82, 2.24) is 9.88 Å². The van der Waals surface area contributed by atoms with E-state index >= 15 is 0 Å². The fourth-order valence-electron chi connectivity index (χ4n) is 2.17. The van der Waals surface area contributed by atoms with Gasteiger partial charge in [0.25, 0.3) is 5.91 Å². The molecule has 1 saturated heterocycles. The number of anilines is 2. The molecule has 1 fully saturated rings. The zero-order chi connectivity index (χ0) is 15.4. The standard InChI is InChI=1S/C13H19N5O3/c1-2-21-13(20)18-7-5-17(6-8-18)12-9(14)3-4-10(16-12)11(15)19/h3-4H,2,5-8,14H2,1H3,(H2,15,19). The largest absolute Gasteiger partial charge is 0.450 e. The van der Waals surface area contributed by atoms with Crippen LogP contribution in [0.5, 0.6) is 0 Å². The topological polar surface area (TPSA) is 115 Å². The molecule has 0 unspecified atom stereocenters. The number of hydrogen-bond acceptors (Lipinski definition) is 6. The summed E-state index contributed by atoms with van der Waals surface area (Å²) in [5.41, 5.74) is 11.8. The molecular weight excluding hydrogens is 274 g/mol. The van der Waals surface area contributed by atoms with Gasteiger partial charge in [0.15, 0.2) is 5.82 Å². The number of nitrogen functional groups attached to an aromatic ring is 1. The molecular formula is C13H19N5O3. The Morgan fingerprint density at radius 1 is 1.29 bits per heavy atom. The van der Waals surface area contributed by atoms with Crippen LogP contribution in [0.15, 0.2) is 12.1 Å². The van der Waals surface area contributed by atoms with E-state index in [-0.39, 0.29) is 11.8 Å². The third kappa shape index (κ3) is 3.33. The summed E-state index contributed by atoms with van der Waals surface area (Å²) in [5, 5.41) is 0. The molecule has 1 aromatic rings. The lowest BCUT2D eigenvalue weighted by molar-refractivity contribution is 0.0995. The Morgan fingerprint density at radius 3 is 2.52 bits per heavy atom. The lowest BCUT2D eigenvalue weighted by Gasteiger charge is -2.35. The first-order chi connectivity index (χ1) is 10.0. The van der Waals surface area contributed by atoms with Crippen molar-refractivity contribution in [3.63, 3.8) is 0 Å². The molecule has 0 spiro atoms. The summed E-state index contributed by atoms with van der Waals surface area (Å²) < 4.78 is 4.96. The SMILES string of the molecule is CCOC(=O)N1CCN(c2nc(C(N)=O)ccc2N)CC1. The van der Waals surface area contributed by atoms with Crippen LogP contribution in [-0.2, 0) is 4.74 Å². The van der Waals surface area contributed by atoms with Crippen LogP contribution in [0.3, 0.4) is 0 Å². The van der Waals surface area contributed by atoms with Crippen LogP contribution in [0.1, 0.15) is 17.4 Å². The highest BCUT2D eigenvalue weighted by molar-refractivity contribution is 5.91. The number of hydrogen-bond donors (Lipinski definition) is 2. The molecule has 4 N–H and O–H groups in total. The maximum Gasteiger partial charge on any atom is 0.409 e. The Kier molecular flexibility index (Phi) is 4.46. The van der Waals surface area contributed by atoms with Gasteiger partial charge in [-0.3, -0.25) is 4.79 Å². The Balaban J connectivity index is 2.07. The van der Waals surface area contributed by atoms with Gasteiger partial charge in [0.2, 0.25) is 0 Å². The monoisotopic (exact) mass is 293 g/mol. The fourth-order valence-corrected chi connectivity index (χ4v) is 2.17. The van der Waals surface area contributed by atoms with Crippen LogP contribution in [0, 0.1) is 0 Å². The highest BCUT2D eigenvalue weighted by atomic mass is 16.6. The van der Waals surface area contributed by atoms with Gasteiger partial charge in [-0.05, 0) is 19.1 Å². The molecule has 21 heavy (non-hydrogen) atoms. The Hall–Kier alpha value is -2.51. The number of piperazine rings is 1. The maximum atomic E-state index is 11.6. The third-order valence-corrected chi connectivity index (χ3v) is 3.26. The molecule has 0 radical (unpaired) electrons. The second-order valence-corrected chi connectivity index (χ2v) is 4.65. The van der Waals surface area contributed by atoms with Crippen molar-refractivity contribution < 1.29 is 14.3 Å². The van der Waals surface area contributed by atoms with Gasteiger partial charge in [-0.2, -0.15) is 0 Å². The minimum absolute atomic E-state index is 0.173. The van der Waals surface area contributed by atoms with Crippen LogP contribution in [0.2, 0.25) is 0 Å². The van der Waals surface area contributed by atoms with E-state index in [1.807, 2.05) is 4.90 Å². The second kappa shape index (κ2) is 6.29. The average molecular weight is 293 g/mol. The molecule has 2 rings (SSSR count). The van der Waals surface area contributed by atoms with Crippen molar-refractivity contribution in [3.8, 4) is 0 Å². The number of ether oxygens (including phenoxy) is 1. The van der Waals surface area contributed by atoms with Crippen LogP contribution in [0.25, 0.3) is 0 Å². The van der Waals surface area contributed by atoms with Crippen LogP contribution in [0.4, 0.5) is 16.3 Å². The third-order valence-electron chi connectivity index (χ3n) is 3.26. The van der Waals surface area contributed by atoms with Gasteiger partial charge in [0, 0.05) is 26.2 Å². The van der Waals surface area contributed by atoms with Crippen molar-refractivity contribution in [2.45, 2.75) is 6.92 Å². The number of amides is 2. The quantitative estimate of drug-likeness (QED) is 0.813. The van der Waals surface area contributed by atoms with E-state index in [1.165, 1.54) is 6.07 Å². The molecule has 8 nitrogen and oxygen atoms in total. The average Bonchev–Trinajstić information content (AvgIpc) is 2.48. The zero-order valence-corrected chi connectivity index (χ0v) is 11.9. The Bertz CT molecular complexity index is 541. The van der Waals surface area contributed by atoms with Crippen molar-refractivity contribution in [2.75, 3.05) is 43.4 Å². The molecule has 1 aliphatic rings. The van der Waals surface area contributed by atoms with Gasteiger partial charge >= 0.3 is 6.09 Å². The normalized spacial score (nSPS) is 14.9. The van der Waals surface area contributed by atoms with E-state index in [9.17, 15) is 9.59 Å². The van der Waals surface area contributed by atoms with E-state index < -0.39 is 5.91 Å². The predicted octanol–water partition coefficient (Wildman–Crippen LogP) is 0.0412. The van der Waals surface area contributed by atoms with E-state index in [4.69, 9.17) is 16.2 Å². The van der Waals surface area contributed by atoms with Crippen LogP contribution in [-0.4, -0.2) is 54.7 Å². The van der Waals surface area contributed by atoms with Crippen molar-refractivity contribution in [3.05, 3.63) is 17.8 Å². The Labute approximate surface area is 122 Å². The molecule has 1 aliphatic heterocycles. The molecule has 2 heterocycles. The molecule has 0 aromatic carbocycles. The number of aromatic nitrogens is 1. The fraction of sp³-hybridized carbons (Fsp3) is 0.462. The number of carbonyl (C=O) groups is 2. The van der Waals surface area contributed by atoms with Gasteiger partial charge in [-0.15, -0.1) is 0 Å². The first-order valence-corrected chi connectivity index (χ1v) is 6.76.